The van der Waals surface area contributed by atoms with Crippen molar-refractivity contribution in [2.24, 2.45) is 0 Å². The topological polar surface area (TPSA) is 12.9 Å². The van der Waals surface area contributed by atoms with Gasteiger partial charge in [0.2, 0.25) is 0 Å². The van der Waals surface area contributed by atoms with Crippen molar-refractivity contribution in [2.75, 3.05) is 0 Å². The molecule has 1 fully saturated rings. The minimum absolute atomic E-state index is 0.131. The Morgan fingerprint density at radius 2 is 1.88 bits per heavy atom. The fourth-order valence-electron chi connectivity index (χ4n) is 2.17. The van der Waals surface area contributed by atoms with Gasteiger partial charge in [-0.1, -0.05) is 12.0 Å². The molecule has 1 aromatic rings. The standard InChI is InChI=1S/C12H14F3NS/c1-8-7-17-11(16-8)10(12(13,14)15)9-5-3-2-4-6-9/h7H,2-6H2,1H3. The number of hydrogen-bond acceptors (Lipinski definition) is 2. The fourth-order valence-corrected chi connectivity index (χ4v) is 3.08. The van der Waals surface area contributed by atoms with Crippen molar-refractivity contribution in [3.05, 3.63) is 21.7 Å². The van der Waals surface area contributed by atoms with E-state index in [1.807, 2.05) is 0 Å². The molecule has 1 aromatic heterocycles. The minimum atomic E-state index is -4.28. The maximum absolute atomic E-state index is 13.1. The van der Waals surface area contributed by atoms with Crippen LogP contribution < -0.4 is 0 Å². The van der Waals surface area contributed by atoms with Crippen LogP contribution in [0.5, 0.6) is 0 Å². The van der Waals surface area contributed by atoms with Crippen molar-refractivity contribution in [2.45, 2.75) is 45.2 Å². The van der Waals surface area contributed by atoms with Crippen molar-refractivity contribution in [1.29, 1.82) is 0 Å². The number of aromatic nitrogens is 1. The molecule has 5 heteroatoms. The van der Waals surface area contributed by atoms with Gasteiger partial charge in [0, 0.05) is 11.1 Å². The molecule has 17 heavy (non-hydrogen) atoms. The van der Waals surface area contributed by atoms with Gasteiger partial charge in [0.1, 0.15) is 5.01 Å². The summed E-state index contributed by atoms with van der Waals surface area (Å²) in [5, 5.41) is 1.80. The molecule has 0 spiro atoms. The van der Waals surface area contributed by atoms with E-state index in [-0.39, 0.29) is 5.01 Å². The highest BCUT2D eigenvalue weighted by atomic mass is 32.1. The first-order chi connectivity index (χ1) is 7.98. The van der Waals surface area contributed by atoms with E-state index in [4.69, 9.17) is 0 Å². The maximum Gasteiger partial charge on any atom is 0.419 e. The van der Waals surface area contributed by atoms with Gasteiger partial charge in [0.05, 0.1) is 5.57 Å². The Bertz CT molecular complexity index is 423. The number of allylic oxidation sites excluding steroid dienone is 2. The number of thiazole rings is 1. The number of rotatable bonds is 1. The van der Waals surface area contributed by atoms with Gasteiger partial charge in [-0.25, -0.2) is 4.98 Å². The average Bonchev–Trinajstić information content (AvgIpc) is 2.64. The largest absolute Gasteiger partial charge is 0.419 e. The van der Waals surface area contributed by atoms with Crippen molar-refractivity contribution in [3.8, 4) is 0 Å². The predicted octanol–water partition coefficient (Wildman–Crippen LogP) is 4.73. The second-order valence-corrected chi connectivity index (χ2v) is 5.19. The first kappa shape index (κ1) is 12.6. The van der Waals surface area contributed by atoms with Gasteiger partial charge in [0.15, 0.2) is 0 Å². The Morgan fingerprint density at radius 1 is 1.24 bits per heavy atom. The summed E-state index contributed by atoms with van der Waals surface area (Å²) in [6, 6.07) is 0. The molecule has 1 heterocycles. The molecule has 94 valence electrons. The van der Waals surface area contributed by atoms with Gasteiger partial charge >= 0.3 is 6.18 Å². The molecule has 0 aromatic carbocycles. The van der Waals surface area contributed by atoms with Gasteiger partial charge in [-0.3, -0.25) is 0 Å². The molecule has 2 rings (SSSR count). The lowest BCUT2D eigenvalue weighted by atomic mass is 9.91. The van der Waals surface area contributed by atoms with Crippen LogP contribution in [0.2, 0.25) is 0 Å². The van der Waals surface area contributed by atoms with E-state index in [1.165, 1.54) is 0 Å². The van der Waals surface area contributed by atoms with Crippen LogP contribution in [-0.2, 0) is 0 Å². The normalized spacial score (nSPS) is 17.3. The highest BCUT2D eigenvalue weighted by molar-refractivity contribution is 7.10. The van der Waals surface area contributed by atoms with Gasteiger partial charge in [-0.2, -0.15) is 13.2 Å². The quantitative estimate of drug-likeness (QED) is 0.712. The first-order valence-corrected chi connectivity index (χ1v) is 6.58. The molecule has 0 aliphatic heterocycles. The molecule has 0 N–H and O–H groups in total. The summed E-state index contributed by atoms with van der Waals surface area (Å²) in [6.07, 6.45) is -0.401. The zero-order chi connectivity index (χ0) is 12.5. The Balaban J connectivity index is 2.44. The zero-order valence-corrected chi connectivity index (χ0v) is 10.4. The van der Waals surface area contributed by atoms with E-state index in [0.717, 1.165) is 30.6 Å². The molecule has 1 nitrogen and oxygen atoms in total. The number of alkyl halides is 3. The van der Waals surface area contributed by atoms with Crippen LogP contribution in [0.3, 0.4) is 0 Å². The molecule has 1 aliphatic rings. The highest BCUT2D eigenvalue weighted by Crippen LogP contribution is 2.41. The molecule has 1 aliphatic carbocycles. The lowest BCUT2D eigenvalue weighted by molar-refractivity contribution is -0.0697. The van der Waals surface area contributed by atoms with E-state index < -0.39 is 11.7 Å². The van der Waals surface area contributed by atoms with Gasteiger partial charge < -0.3 is 0 Å². The number of nitrogens with zero attached hydrogens (tertiary/aromatic N) is 1. The first-order valence-electron chi connectivity index (χ1n) is 5.70. The van der Waals surface area contributed by atoms with Crippen LogP contribution in [0, 0.1) is 6.92 Å². The van der Waals surface area contributed by atoms with Crippen LogP contribution in [0.1, 0.15) is 42.8 Å². The molecular formula is C12H14F3NS. The number of halogens is 3. The van der Waals surface area contributed by atoms with E-state index in [2.05, 4.69) is 4.98 Å². The second kappa shape index (κ2) is 4.80. The summed E-state index contributed by atoms with van der Waals surface area (Å²) in [7, 11) is 0. The minimum Gasteiger partial charge on any atom is -0.241 e. The Morgan fingerprint density at radius 3 is 2.35 bits per heavy atom. The summed E-state index contributed by atoms with van der Waals surface area (Å²) in [6.45, 7) is 1.72. The molecule has 1 saturated carbocycles. The van der Waals surface area contributed by atoms with Crippen LogP contribution in [-0.4, -0.2) is 11.2 Å². The third-order valence-electron chi connectivity index (χ3n) is 2.93. The van der Waals surface area contributed by atoms with E-state index >= 15 is 0 Å². The van der Waals surface area contributed by atoms with Crippen LogP contribution in [0.25, 0.3) is 5.57 Å². The second-order valence-electron chi connectivity index (χ2n) is 4.33. The van der Waals surface area contributed by atoms with Gasteiger partial charge in [0.25, 0.3) is 0 Å². The third kappa shape index (κ3) is 2.89. The van der Waals surface area contributed by atoms with Crippen LogP contribution in [0.4, 0.5) is 13.2 Å². The average molecular weight is 261 g/mol. The third-order valence-corrected chi connectivity index (χ3v) is 3.90. The Labute approximate surface area is 102 Å². The fraction of sp³-hybridized carbons (Fsp3) is 0.583. The van der Waals surface area contributed by atoms with E-state index in [9.17, 15) is 13.2 Å². The molecule has 0 atom stereocenters. The molecule has 0 radical (unpaired) electrons. The Kier molecular flexibility index (Phi) is 3.56. The molecule has 0 bridgehead atoms. The van der Waals surface area contributed by atoms with Crippen LogP contribution >= 0.6 is 11.3 Å². The van der Waals surface area contributed by atoms with E-state index in [0.29, 0.717) is 24.1 Å². The molecule has 0 saturated heterocycles. The summed E-state index contributed by atoms with van der Waals surface area (Å²) in [5.41, 5.74) is 0.719. The van der Waals surface area contributed by atoms with Gasteiger partial charge in [-0.05, 0) is 32.6 Å². The SMILES string of the molecule is Cc1csc(C(=C2CCCCC2)C(F)(F)F)n1. The summed E-state index contributed by atoms with van der Waals surface area (Å²) >= 11 is 1.09. The monoisotopic (exact) mass is 261 g/mol. The number of hydrogen-bond donors (Lipinski definition) is 0. The maximum atomic E-state index is 13.1. The van der Waals surface area contributed by atoms with Crippen molar-refractivity contribution < 1.29 is 13.2 Å². The van der Waals surface area contributed by atoms with Crippen molar-refractivity contribution >= 4 is 16.9 Å². The number of aryl methyl sites for hydroxylation is 1. The predicted molar refractivity (Wildman–Crippen MR) is 62.9 cm³/mol. The Hall–Kier alpha value is -0.840. The van der Waals surface area contributed by atoms with E-state index in [1.54, 1.807) is 12.3 Å². The molecule has 0 amide bonds. The van der Waals surface area contributed by atoms with Crippen molar-refractivity contribution in [1.82, 2.24) is 4.98 Å². The highest BCUT2D eigenvalue weighted by Gasteiger charge is 2.39. The summed E-state index contributed by atoms with van der Waals surface area (Å²) in [5.74, 6) is 0. The smallest absolute Gasteiger partial charge is 0.241 e. The molecule has 0 unspecified atom stereocenters. The lowest BCUT2D eigenvalue weighted by Gasteiger charge is -2.19. The van der Waals surface area contributed by atoms with Crippen LogP contribution in [0.15, 0.2) is 11.0 Å². The molecular weight excluding hydrogens is 247 g/mol. The summed E-state index contributed by atoms with van der Waals surface area (Å²) < 4.78 is 39.3. The zero-order valence-electron chi connectivity index (χ0n) is 9.60. The lowest BCUT2D eigenvalue weighted by Crippen LogP contribution is -2.14. The van der Waals surface area contributed by atoms with Crippen molar-refractivity contribution in [3.63, 3.8) is 0 Å². The summed E-state index contributed by atoms with van der Waals surface area (Å²) in [4.78, 5) is 3.99. The van der Waals surface area contributed by atoms with Gasteiger partial charge in [-0.15, -0.1) is 11.3 Å².